The standard InChI is InChI=1S/C16H15N5O/c1-10(13-7-11-5-3-4-6-12(11)22-13)21(2)16-14-15(18-8-17-14)19-9-20-16/h3-10H,1-2H3,(H,17,18,19,20). The van der Waals surface area contributed by atoms with Gasteiger partial charge in [-0.25, -0.2) is 15.0 Å². The van der Waals surface area contributed by atoms with Gasteiger partial charge in [-0.05, 0) is 19.1 Å². The molecule has 6 heteroatoms. The Kier molecular flexibility index (Phi) is 2.82. The molecule has 0 fully saturated rings. The molecule has 4 aromatic rings. The van der Waals surface area contributed by atoms with Crippen LogP contribution in [-0.2, 0) is 0 Å². The lowest BCUT2D eigenvalue weighted by Gasteiger charge is -2.24. The maximum atomic E-state index is 5.96. The van der Waals surface area contributed by atoms with Gasteiger partial charge in [-0.15, -0.1) is 0 Å². The van der Waals surface area contributed by atoms with Crippen molar-refractivity contribution in [2.24, 2.45) is 0 Å². The smallest absolute Gasteiger partial charge is 0.182 e. The van der Waals surface area contributed by atoms with E-state index in [1.54, 1.807) is 6.33 Å². The van der Waals surface area contributed by atoms with Crippen molar-refractivity contribution in [3.63, 3.8) is 0 Å². The highest BCUT2D eigenvalue weighted by Gasteiger charge is 2.20. The normalized spacial score (nSPS) is 12.8. The second-order valence-electron chi connectivity index (χ2n) is 5.27. The van der Waals surface area contributed by atoms with Crippen molar-refractivity contribution in [2.45, 2.75) is 13.0 Å². The van der Waals surface area contributed by atoms with Crippen LogP contribution in [-0.4, -0.2) is 27.0 Å². The highest BCUT2D eigenvalue weighted by molar-refractivity contribution is 5.83. The number of aromatic amines is 1. The summed E-state index contributed by atoms with van der Waals surface area (Å²) in [6.07, 6.45) is 3.16. The molecule has 0 aliphatic rings. The lowest BCUT2D eigenvalue weighted by molar-refractivity contribution is 0.501. The summed E-state index contributed by atoms with van der Waals surface area (Å²) in [7, 11) is 1.99. The van der Waals surface area contributed by atoms with E-state index in [0.29, 0.717) is 5.65 Å². The summed E-state index contributed by atoms with van der Waals surface area (Å²) in [5.74, 6) is 1.70. The van der Waals surface area contributed by atoms with Gasteiger partial charge in [0.2, 0.25) is 0 Å². The zero-order valence-electron chi connectivity index (χ0n) is 12.3. The molecule has 3 heterocycles. The summed E-state index contributed by atoms with van der Waals surface area (Å²) < 4.78 is 5.96. The number of furan rings is 1. The minimum Gasteiger partial charge on any atom is -0.459 e. The average Bonchev–Trinajstić information content (AvgIpc) is 3.19. The molecule has 0 aliphatic carbocycles. The number of anilines is 1. The Balaban J connectivity index is 1.75. The lowest BCUT2D eigenvalue weighted by Crippen LogP contribution is -2.22. The largest absolute Gasteiger partial charge is 0.459 e. The van der Waals surface area contributed by atoms with Crippen molar-refractivity contribution in [2.75, 3.05) is 11.9 Å². The van der Waals surface area contributed by atoms with Gasteiger partial charge in [-0.1, -0.05) is 18.2 Å². The van der Waals surface area contributed by atoms with Crippen LogP contribution in [0.1, 0.15) is 18.7 Å². The SMILES string of the molecule is CC(c1cc2ccccc2o1)N(C)c1ncnc2nc[nH]c12. The molecule has 1 aromatic carbocycles. The van der Waals surface area contributed by atoms with Gasteiger partial charge < -0.3 is 14.3 Å². The minimum absolute atomic E-state index is 0.0359. The highest BCUT2D eigenvalue weighted by atomic mass is 16.3. The number of H-pyrrole nitrogens is 1. The van der Waals surface area contributed by atoms with E-state index in [2.05, 4.69) is 37.8 Å². The fraction of sp³-hybridized carbons (Fsp3) is 0.188. The van der Waals surface area contributed by atoms with Crippen LogP contribution in [0.4, 0.5) is 5.82 Å². The zero-order valence-corrected chi connectivity index (χ0v) is 12.3. The molecule has 110 valence electrons. The molecule has 0 aliphatic heterocycles. The van der Waals surface area contributed by atoms with E-state index in [4.69, 9.17) is 4.42 Å². The second-order valence-corrected chi connectivity index (χ2v) is 5.27. The average molecular weight is 293 g/mol. The Morgan fingerprint density at radius 1 is 1.18 bits per heavy atom. The molecule has 4 rings (SSSR count). The maximum absolute atomic E-state index is 5.96. The van der Waals surface area contributed by atoms with Crippen LogP contribution >= 0.6 is 0 Å². The third-order valence-electron chi connectivity index (χ3n) is 3.97. The van der Waals surface area contributed by atoms with Gasteiger partial charge in [0.25, 0.3) is 0 Å². The first kappa shape index (κ1) is 12.8. The van der Waals surface area contributed by atoms with Crippen molar-refractivity contribution in [1.29, 1.82) is 0 Å². The first-order valence-corrected chi connectivity index (χ1v) is 7.09. The number of nitrogens with zero attached hydrogens (tertiary/aromatic N) is 4. The number of nitrogens with one attached hydrogen (secondary N) is 1. The summed E-state index contributed by atoms with van der Waals surface area (Å²) in [5, 5.41) is 1.10. The van der Waals surface area contributed by atoms with E-state index >= 15 is 0 Å². The van der Waals surface area contributed by atoms with Crippen LogP contribution in [0.3, 0.4) is 0 Å². The molecule has 1 unspecified atom stereocenters. The van der Waals surface area contributed by atoms with Crippen LogP contribution in [0.15, 0.2) is 47.4 Å². The van der Waals surface area contributed by atoms with Gasteiger partial charge in [0, 0.05) is 12.4 Å². The Morgan fingerprint density at radius 3 is 2.91 bits per heavy atom. The van der Waals surface area contributed by atoms with Gasteiger partial charge >= 0.3 is 0 Å². The number of para-hydroxylation sites is 1. The number of imidazole rings is 1. The van der Waals surface area contributed by atoms with E-state index in [0.717, 1.165) is 28.1 Å². The number of hydrogen-bond acceptors (Lipinski definition) is 5. The van der Waals surface area contributed by atoms with Gasteiger partial charge in [-0.3, -0.25) is 0 Å². The highest BCUT2D eigenvalue weighted by Crippen LogP contribution is 2.30. The molecular weight excluding hydrogens is 278 g/mol. The maximum Gasteiger partial charge on any atom is 0.182 e. The van der Waals surface area contributed by atoms with Crippen LogP contribution in [0, 0.1) is 0 Å². The molecule has 0 saturated carbocycles. The molecule has 6 nitrogen and oxygen atoms in total. The quantitative estimate of drug-likeness (QED) is 0.627. The molecular formula is C16H15N5O. The lowest BCUT2D eigenvalue weighted by atomic mass is 10.2. The molecule has 0 saturated heterocycles. The molecule has 0 bridgehead atoms. The fourth-order valence-electron chi connectivity index (χ4n) is 2.60. The third-order valence-corrected chi connectivity index (χ3v) is 3.97. The summed E-state index contributed by atoms with van der Waals surface area (Å²) >= 11 is 0. The molecule has 1 N–H and O–H groups in total. The number of hydrogen-bond donors (Lipinski definition) is 1. The topological polar surface area (TPSA) is 70.8 Å². The van der Waals surface area contributed by atoms with Crippen LogP contribution in [0.2, 0.25) is 0 Å². The third kappa shape index (κ3) is 1.92. The summed E-state index contributed by atoms with van der Waals surface area (Å²) in [4.78, 5) is 17.8. The molecule has 0 amide bonds. The van der Waals surface area contributed by atoms with Crippen LogP contribution in [0.5, 0.6) is 0 Å². The first-order chi connectivity index (χ1) is 10.7. The molecule has 22 heavy (non-hydrogen) atoms. The summed E-state index contributed by atoms with van der Waals surface area (Å²) in [6.45, 7) is 2.09. The molecule has 0 radical (unpaired) electrons. The van der Waals surface area contributed by atoms with Crippen molar-refractivity contribution in [1.82, 2.24) is 19.9 Å². The van der Waals surface area contributed by atoms with E-state index in [9.17, 15) is 0 Å². The van der Waals surface area contributed by atoms with Crippen molar-refractivity contribution in [3.05, 3.63) is 48.7 Å². The van der Waals surface area contributed by atoms with Gasteiger partial charge in [-0.2, -0.15) is 0 Å². The van der Waals surface area contributed by atoms with Crippen LogP contribution in [0.25, 0.3) is 22.1 Å². The molecule has 0 spiro atoms. The predicted octanol–water partition coefficient (Wildman–Crippen LogP) is 3.30. The van der Waals surface area contributed by atoms with Crippen LogP contribution < -0.4 is 4.90 Å². The Morgan fingerprint density at radius 2 is 2.05 bits per heavy atom. The Bertz CT molecular complexity index is 909. The van der Waals surface area contributed by atoms with Gasteiger partial charge in [0.05, 0.1) is 12.4 Å². The molecule has 3 aromatic heterocycles. The second kappa shape index (κ2) is 4.84. The first-order valence-electron chi connectivity index (χ1n) is 7.09. The summed E-state index contributed by atoms with van der Waals surface area (Å²) in [6, 6.07) is 10.1. The monoisotopic (exact) mass is 293 g/mol. The van der Waals surface area contributed by atoms with Gasteiger partial charge in [0.1, 0.15) is 23.2 Å². The number of benzene rings is 1. The van der Waals surface area contributed by atoms with E-state index < -0.39 is 0 Å². The van der Waals surface area contributed by atoms with E-state index in [-0.39, 0.29) is 6.04 Å². The number of fused-ring (bicyclic) bond motifs is 2. The fourth-order valence-corrected chi connectivity index (χ4v) is 2.60. The summed E-state index contributed by atoms with van der Waals surface area (Å²) in [5.41, 5.74) is 2.38. The zero-order chi connectivity index (χ0) is 15.1. The van der Waals surface area contributed by atoms with Crippen molar-refractivity contribution < 1.29 is 4.42 Å². The van der Waals surface area contributed by atoms with Crippen molar-refractivity contribution in [3.8, 4) is 0 Å². The number of aromatic nitrogens is 4. The Labute approximate surface area is 126 Å². The van der Waals surface area contributed by atoms with Crippen molar-refractivity contribution >= 4 is 28.0 Å². The van der Waals surface area contributed by atoms with Gasteiger partial charge in [0.15, 0.2) is 11.5 Å². The minimum atomic E-state index is 0.0359. The van der Waals surface area contributed by atoms with E-state index in [1.165, 1.54) is 6.33 Å². The number of rotatable bonds is 3. The Hall–Kier alpha value is -2.89. The predicted molar refractivity (Wildman–Crippen MR) is 84.7 cm³/mol. The van der Waals surface area contributed by atoms with E-state index in [1.807, 2.05) is 31.3 Å². The molecule has 1 atom stereocenters.